The lowest BCUT2D eigenvalue weighted by molar-refractivity contribution is 0.0946. The van der Waals surface area contributed by atoms with Crippen molar-refractivity contribution in [3.63, 3.8) is 0 Å². The molecule has 1 aromatic carbocycles. The van der Waals surface area contributed by atoms with Crippen molar-refractivity contribution >= 4 is 33.2 Å². The predicted molar refractivity (Wildman–Crippen MR) is 69.5 cm³/mol. The maximum absolute atomic E-state index is 13.4. The van der Waals surface area contributed by atoms with Crippen LogP contribution < -0.4 is 5.32 Å². The fraction of sp³-hybridized carbons (Fsp3) is 0.0833. The number of rotatable bonds is 3. The van der Waals surface area contributed by atoms with E-state index in [1.54, 1.807) is 0 Å². The molecule has 0 radical (unpaired) electrons. The van der Waals surface area contributed by atoms with E-state index >= 15 is 0 Å². The largest absolute Gasteiger partial charge is 0.347 e. The number of hydrogen-bond acceptors (Lipinski definition) is 2. The molecule has 2 nitrogen and oxygen atoms in total. The molecule has 7 heteroatoms. The van der Waals surface area contributed by atoms with Crippen molar-refractivity contribution in [2.24, 2.45) is 0 Å². The van der Waals surface area contributed by atoms with Crippen LogP contribution in [0.15, 0.2) is 28.1 Å². The van der Waals surface area contributed by atoms with Crippen LogP contribution in [-0.4, -0.2) is 5.91 Å². The zero-order valence-corrected chi connectivity index (χ0v) is 11.7. The Kier molecular flexibility index (Phi) is 4.26. The molecule has 19 heavy (non-hydrogen) atoms. The standard InChI is InChI=1S/C12H7BrF3NOS/c13-7-3-4-19-9(7)5-17-12(18)6-1-2-8(14)11(16)10(6)15/h1-4H,5H2,(H,17,18). The highest BCUT2D eigenvalue weighted by atomic mass is 79.9. The van der Waals surface area contributed by atoms with Gasteiger partial charge in [0.25, 0.3) is 5.91 Å². The van der Waals surface area contributed by atoms with Crippen molar-refractivity contribution in [1.82, 2.24) is 5.32 Å². The summed E-state index contributed by atoms with van der Waals surface area (Å²) >= 11 is 4.69. The minimum absolute atomic E-state index is 0.176. The molecule has 0 aliphatic heterocycles. The van der Waals surface area contributed by atoms with Gasteiger partial charge in [0, 0.05) is 9.35 Å². The fourth-order valence-corrected chi connectivity index (χ4v) is 2.84. The molecule has 0 atom stereocenters. The Labute approximate surface area is 119 Å². The van der Waals surface area contributed by atoms with Crippen molar-refractivity contribution in [2.45, 2.75) is 6.54 Å². The van der Waals surface area contributed by atoms with E-state index in [1.165, 1.54) is 11.3 Å². The van der Waals surface area contributed by atoms with Gasteiger partial charge in [-0.15, -0.1) is 11.3 Å². The van der Waals surface area contributed by atoms with Crippen LogP contribution in [0.25, 0.3) is 0 Å². The number of hydrogen-bond donors (Lipinski definition) is 1. The van der Waals surface area contributed by atoms with Gasteiger partial charge in [-0.05, 0) is 39.5 Å². The van der Waals surface area contributed by atoms with Gasteiger partial charge in [0.05, 0.1) is 12.1 Å². The first-order valence-electron chi connectivity index (χ1n) is 5.14. The topological polar surface area (TPSA) is 29.1 Å². The van der Waals surface area contributed by atoms with Crippen LogP contribution in [0.4, 0.5) is 13.2 Å². The average Bonchev–Trinajstić information content (AvgIpc) is 2.79. The molecule has 0 saturated heterocycles. The van der Waals surface area contributed by atoms with Crippen molar-refractivity contribution in [3.05, 3.63) is 55.9 Å². The summed E-state index contributed by atoms with van der Waals surface area (Å²) in [6, 6.07) is 3.44. The van der Waals surface area contributed by atoms with Crippen LogP contribution in [0.5, 0.6) is 0 Å². The molecular formula is C12H7BrF3NOS. The summed E-state index contributed by atoms with van der Waals surface area (Å²) in [5, 5.41) is 4.27. The van der Waals surface area contributed by atoms with Crippen LogP contribution in [0.2, 0.25) is 0 Å². The van der Waals surface area contributed by atoms with E-state index in [1.807, 2.05) is 11.4 Å². The van der Waals surface area contributed by atoms with Crippen molar-refractivity contribution in [3.8, 4) is 0 Å². The van der Waals surface area contributed by atoms with Gasteiger partial charge in [-0.1, -0.05) is 0 Å². The Hall–Kier alpha value is -1.34. The van der Waals surface area contributed by atoms with E-state index in [9.17, 15) is 18.0 Å². The molecular weight excluding hydrogens is 343 g/mol. The molecule has 0 bridgehead atoms. The Morgan fingerprint density at radius 3 is 2.58 bits per heavy atom. The SMILES string of the molecule is O=C(NCc1sccc1Br)c1ccc(F)c(F)c1F. The summed E-state index contributed by atoms with van der Waals surface area (Å²) in [6.07, 6.45) is 0. The van der Waals surface area contributed by atoms with Gasteiger partial charge in [-0.2, -0.15) is 0 Å². The van der Waals surface area contributed by atoms with E-state index in [2.05, 4.69) is 21.2 Å². The molecule has 0 fully saturated rings. The summed E-state index contributed by atoms with van der Waals surface area (Å²) in [6.45, 7) is 0.176. The zero-order chi connectivity index (χ0) is 14.0. The molecule has 2 rings (SSSR count). The normalized spacial score (nSPS) is 10.5. The minimum Gasteiger partial charge on any atom is -0.347 e. The Morgan fingerprint density at radius 2 is 1.95 bits per heavy atom. The van der Waals surface area contributed by atoms with Gasteiger partial charge >= 0.3 is 0 Å². The van der Waals surface area contributed by atoms with Gasteiger partial charge in [0.1, 0.15) is 0 Å². The summed E-state index contributed by atoms with van der Waals surface area (Å²) in [5.74, 6) is -5.25. The maximum Gasteiger partial charge on any atom is 0.254 e. The van der Waals surface area contributed by atoms with E-state index in [-0.39, 0.29) is 6.54 Å². The molecule has 1 N–H and O–H groups in total. The number of nitrogens with one attached hydrogen (secondary N) is 1. The lowest BCUT2D eigenvalue weighted by Gasteiger charge is -2.06. The van der Waals surface area contributed by atoms with E-state index in [4.69, 9.17) is 0 Å². The molecule has 0 aliphatic carbocycles. The van der Waals surface area contributed by atoms with Crippen LogP contribution in [-0.2, 0) is 6.54 Å². The lowest BCUT2D eigenvalue weighted by Crippen LogP contribution is -2.24. The smallest absolute Gasteiger partial charge is 0.254 e. The van der Waals surface area contributed by atoms with Gasteiger partial charge < -0.3 is 5.32 Å². The number of benzene rings is 1. The third-order valence-corrected chi connectivity index (χ3v) is 4.31. The second kappa shape index (κ2) is 5.75. The highest BCUT2D eigenvalue weighted by Gasteiger charge is 2.18. The number of carbonyl (C=O) groups is 1. The predicted octanol–water partition coefficient (Wildman–Crippen LogP) is 3.86. The third-order valence-electron chi connectivity index (χ3n) is 2.38. The molecule has 1 amide bonds. The lowest BCUT2D eigenvalue weighted by atomic mass is 10.2. The van der Waals surface area contributed by atoms with E-state index in [0.717, 1.165) is 15.4 Å². The fourth-order valence-electron chi connectivity index (χ4n) is 1.41. The molecule has 0 saturated carbocycles. The maximum atomic E-state index is 13.4. The van der Waals surface area contributed by atoms with Gasteiger partial charge in [0.2, 0.25) is 0 Å². The number of carbonyl (C=O) groups excluding carboxylic acids is 1. The first-order valence-corrected chi connectivity index (χ1v) is 6.81. The van der Waals surface area contributed by atoms with E-state index in [0.29, 0.717) is 6.07 Å². The van der Waals surface area contributed by atoms with Crippen LogP contribution >= 0.6 is 27.3 Å². The molecule has 0 spiro atoms. The van der Waals surface area contributed by atoms with Crippen LogP contribution in [0.1, 0.15) is 15.2 Å². The van der Waals surface area contributed by atoms with Crippen molar-refractivity contribution in [2.75, 3.05) is 0 Å². The van der Waals surface area contributed by atoms with Gasteiger partial charge in [0.15, 0.2) is 17.5 Å². The Bertz CT molecular complexity index is 629. The Morgan fingerprint density at radius 1 is 1.21 bits per heavy atom. The van der Waals surface area contributed by atoms with Gasteiger partial charge in [-0.3, -0.25) is 4.79 Å². The summed E-state index contributed by atoms with van der Waals surface area (Å²) < 4.78 is 39.9. The highest BCUT2D eigenvalue weighted by Crippen LogP contribution is 2.22. The molecule has 0 aliphatic rings. The quantitative estimate of drug-likeness (QED) is 0.837. The second-order valence-corrected chi connectivity index (χ2v) is 5.45. The second-order valence-electron chi connectivity index (χ2n) is 3.60. The number of halogens is 4. The third kappa shape index (κ3) is 2.98. The molecule has 1 heterocycles. The van der Waals surface area contributed by atoms with E-state index < -0.39 is 28.9 Å². The summed E-state index contributed by atoms with van der Waals surface area (Å²) in [5.41, 5.74) is -0.522. The highest BCUT2D eigenvalue weighted by molar-refractivity contribution is 9.10. The van der Waals surface area contributed by atoms with Crippen molar-refractivity contribution < 1.29 is 18.0 Å². The molecule has 2 aromatic rings. The summed E-state index contributed by atoms with van der Waals surface area (Å²) in [4.78, 5) is 12.5. The summed E-state index contributed by atoms with van der Waals surface area (Å²) in [7, 11) is 0. The first kappa shape index (κ1) is 14.1. The minimum atomic E-state index is -1.65. The monoisotopic (exact) mass is 349 g/mol. The zero-order valence-electron chi connectivity index (χ0n) is 9.34. The molecule has 1 aromatic heterocycles. The van der Waals surface area contributed by atoms with Crippen LogP contribution in [0, 0.1) is 17.5 Å². The van der Waals surface area contributed by atoms with Crippen molar-refractivity contribution in [1.29, 1.82) is 0 Å². The number of thiophene rings is 1. The molecule has 0 unspecified atom stereocenters. The van der Waals surface area contributed by atoms with Gasteiger partial charge in [-0.25, -0.2) is 13.2 Å². The van der Waals surface area contributed by atoms with Crippen LogP contribution in [0.3, 0.4) is 0 Å². The first-order chi connectivity index (χ1) is 9.00. The average molecular weight is 350 g/mol. The Balaban J connectivity index is 2.13. The number of amides is 1. The molecule has 100 valence electrons.